The standard InChI is InChI=1S/C12H16N2O6S/c1-8-2-3-9(6-10(8)12(13)17)21(18,19)14-4-5-20-7-11(15)16/h2-3,6,14H,4-5,7H2,1H3,(H2,13,17)(H,15,16). The van der Waals surface area contributed by atoms with E-state index in [4.69, 9.17) is 15.6 Å². The number of rotatable bonds is 8. The molecule has 0 aliphatic carbocycles. The Morgan fingerprint density at radius 2 is 2.05 bits per heavy atom. The summed E-state index contributed by atoms with van der Waals surface area (Å²) < 4.78 is 30.9. The molecule has 1 aromatic carbocycles. The molecule has 0 saturated carbocycles. The molecule has 1 aromatic rings. The number of carbonyl (C=O) groups excluding carboxylic acids is 1. The van der Waals surface area contributed by atoms with Crippen LogP contribution >= 0.6 is 0 Å². The molecule has 0 aromatic heterocycles. The molecule has 0 heterocycles. The van der Waals surface area contributed by atoms with Crippen LogP contribution in [-0.2, 0) is 19.6 Å². The Kier molecular flexibility index (Phi) is 5.82. The van der Waals surface area contributed by atoms with Gasteiger partial charge in [-0.25, -0.2) is 17.9 Å². The van der Waals surface area contributed by atoms with Gasteiger partial charge in [-0.1, -0.05) is 6.07 Å². The van der Waals surface area contributed by atoms with E-state index in [2.05, 4.69) is 4.72 Å². The lowest BCUT2D eigenvalue weighted by Gasteiger charge is -2.09. The van der Waals surface area contributed by atoms with E-state index in [1.54, 1.807) is 6.92 Å². The highest BCUT2D eigenvalue weighted by Gasteiger charge is 2.16. The molecule has 116 valence electrons. The van der Waals surface area contributed by atoms with Crippen molar-refractivity contribution in [1.29, 1.82) is 0 Å². The number of ether oxygens (including phenoxy) is 1. The van der Waals surface area contributed by atoms with Crippen molar-refractivity contribution in [3.8, 4) is 0 Å². The van der Waals surface area contributed by atoms with Gasteiger partial charge >= 0.3 is 5.97 Å². The van der Waals surface area contributed by atoms with E-state index in [0.717, 1.165) is 0 Å². The van der Waals surface area contributed by atoms with Crippen LogP contribution in [0.5, 0.6) is 0 Å². The number of hydrogen-bond acceptors (Lipinski definition) is 5. The third-order valence-corrected chi connectivity index (χ3v) is 4.01. The second kappa shape index (κ2) is 7.16. The van der Waals surface area contributed by atoms with Crippen LogP contribution in [-0.4, -0.2) is 45.2 Å². The van der Waals surface area contributed by atoms with Gasteiger partial charge in [-0.3, -0.25) is 4.79 Å². The predicted octanol–water partition coefficient (Wildman–Crippen LogP) is -0.527. The zero-order valence-electron chi connectivity index (χ0n) is 11.3. The SMILES string of the molecule is Cc1ccc(S(=O)(=O)NCCOCC(=O)O)cc1C(N)=O. The van der Waals surface area contributed by atoms with Gasteiger partial charge < -0.3 is 15.6 Å². The highest BCUT2D eigenvalue weighted by Crippen LogP contribution is 2.15. The van der Waals surface area contributed by atoms with E-state index in [1.807, 2.05) is 0 Å². The van der Waals surface area contributed by atoms with Gasteiger partial charge in [0.2, 0.25) is 15.9 Å². The Morgan fingerprint density at radius 3 is 2.62 bits per heavy atom. The fourth-order valence-corrected chi connectivity index (χ4v) is 2.56. The third kappa shape index (κ3) is 5.14. The van der Waals surface area contributed by atoms with Crippen molar-refractivity contribution in [2.45, 2.75) is 11.8 Å². The zero-order valence-corrected chi connectivity index (χ0v) is 12.1. The Balaban J connectivity index is 2.72. The lowest BCUT2D eigenvalue weighted by Crippen LogP contribution is -2.28. The van der Waals surface area contributed by atoms with Crippen LogP contribution in [0.15, 0.2) is 23.1 Å². The third-order valence-electron chi connectivity index (χ3n) is 2.55. The number of carboxylic acid groups (broad SMARTS) is 1. The van der Waals surface area contributed by atoms with E-state index in [-0.39, 0.29) is 23.6 Å². The van der Waals surface area contributed by atoms with Crippen LogP contribution in [0.1, 0.15) is 15.9 Å². The largest absolute Gasteiger partial charge is 0.480 e. The first-order chi connectivity index (χ1) is 9.74. The van der Waals surface area contributed by atoms with Gasteiger partial charge in [0.05, 0.1) is 11.5 Å². The van der Waals surface area contributed by atoms with Crippen molar-refractivity contribution >= 4 is 21.9 Å². The van der Waals surface area contributed by atoms with E-state index in [1.165, 1.54) is 18.2 Å². The van der Waals surface area contributed by atoms with Crippen molar-refractivity contribution in [2.24, 2.45) is 5.73 Å². The normalized spacial score (nSPS) is 11.3. The minimum atomic E-state index is -3.82. The number of nitrogens with one attached hydrogen (secondary N) is 1. The van der Waals surface area contributed by atoms with E-state index >= 15 is 0 Å². The molecule has 4 N–H and O–H groups in total. The van der Waals surface area contributed by atoms with E-state index < -0.39 is 28.5 Å². The number of benzene rings is 1. The summed E-state index contributed by atoms with van der Waals surface area (Å²) in [6.07, 6.45) is 0. The monoisotopic (exact) mass is 316 g/mol. The smallest absolute Gasteiger partial charge is 0.329 e. The molecule has 0 radical (unpaired) electrons. The van der Waals surface area contributed by atoms with Crippen LogP contribution in [0.4, 0.5) is 0 Å². The Bertz CT molecular complexity index is 641. The van der Waals surface area contributed by atoms with Gasteiger partial charge in [-0.15, -0.1) is 0 Å². The van der Waals surface area contributed by atoms with Crippen LogP contribution in [0.2, 0.25) is 0 Å². The van der Waals surface area contributed by atoms with Crippen LogP contribution in [0.25, 0.3) is 0 Å². The fraction of sp³-hybridized carbons (Fsp3) is 0.333. The maximum absolute atomic E-state index is 12.0. The second-order valence-corrected chi connectivity index (χ2v) is 5.95. The molecule has 0 saturated heterocycles. The van der Waals surface area contributed by atoms with Crippen molar-refractivity contribution in [2.75, 3.05) is 19.8 Å². The zero-order chi connectivity index (χ0) is 16.0. The highest BCUT2D eigenvalue weighted by molar-refractivity contribution is 7.89. The minimum Gasteiger partial charge on any atom is -0.480 e. The molecule has 0 bridgehead atoms. The summed E-state index contributed by atoms with van der Waals surface area (Å²) >= 11 is 0. The number of carboxylic acids is 1. The van der Waals surface area contributed by atoms with Crippen molar-refractivity contribution in [3.63, 3.8) is 0 Å². The summed E-state index contributed by atoms with van der Waals surface area (Å²) in [6, 6.07) is 4.02. The lowest BCUT2D eigenvalue weighted by atomic mass is 10.1. The maximum Gasteiger partial charge on any atom is 0.329 e. The summed E-state index contributed by atoms with van der Waals surface area (Å²) in [5.41, 5.74) is 5.87. The summed E-state index contributed by atoms with van der Waals surface area (Å²) in [5.74, 6) is -1.85. The van der Waals surface area contributed by atoms with Crippen LogP contribution < -0.4 is 10.5 Å². The van der Waals surface area contributed by atoms with Gasteiger partial charge in [0.1, 0.15) is 6.61 Å². The summed E-state index contributed by atoms with van der Waals surface area (Å²) in [6.45, 7) is 0.969. The number of amides is 1. The number of aryl methyl sites for hydroxylation is 1. The quantitative estimate of drug-likeness (QED) is 0.552. The molecule has 0 atom stereocenters. The van der Waals surface area contributed by atoms with Crippen molar-refractivity contribution in [3.05, 3.63) is 29.3 Å². The van der Waals surface area contributed by atoms with Crippen molar-refractivity contribution < 1.29 is 27.9 Å². The Labute approximate surface area is 122 Å². The predicted molar refractivity (Wildman–Crippen MR) is 73.3 cm³/mol. The summed E-state index contributed by atoms with van der Waals surface area (Å²) in [5, 5.41) is 8.35. The molecule has 0 unspecified atom stereocenters. The Morgan fingerprint density at radius 1 is 1.38 bits per heavy atom. The number of primary amides is 1. The Hall–Kier alpha value is -1.97. The molecule has 21 heavy (non-hydrogen) atoms. The molecular formula is C12H16N2O6S. The van der Waals surface area contributed by atoms with Crippen LogP contribution in [0, 0.1) is 6.92 Å². The molecule has 8 nitrogen and oxygen atoms in total. The van der Waals surface area contributed by atoms with E-state index in [9.17, 15) is 18.0 Å². The van der Waals surface area contributed by atoms with Gasteiger partial charge in [-0.2, -0.15) is 0 Å². The number of carbonyl (C=O) groups is 2. The minimum absolute atomic E-state index is 0.0833. The van der Waals surface area contributed by atoms with Gasteiger partial charge in [0.15, 0.2) is 0 Å². The molecule has 0 spiro atoms. The second-order valence-electron chi connectivity index (χ2n) is 4.19. The average Bonchev–Trinajstić information content (AvgIpc) is 2.37. The van der Waals surface area contributed by atoms with E-state index in [0.29, 0.717) is 5.56 Å². The van der Waals surface area contributed by atoms with Gasteiger partial charge in [-0.05, 0) is 24.6 Å². The molecule has 0 aliphatic rings. The number of sulfonamides is 1. The first kappa shape index (κ1) is 17.1. The highest BCUT2D eigenvalue weighted by atomic mass is 32.2. The van der Waals surface area contributed by atoms with Crippen molar-refractivity contribution in [1.82, 2.24) is 4.72 Å². The lowest BCUT2D eigenvalue weighted by molar-refractivity contribution is -0.142. The summed E-state index contributed by atoms with van der Waals surface area (Å²) in [7, 11) is -3.82. The fourth-order valence-electron chi connectivity index (χ4n) is 1.52. The molecule has 9 heteroatoms. The molecular weight excluding hydrogens is 300 g/mol. The molecule has 0 aliphatic heterocycles. The molecule has 1 rings (SSSR count). The maximum atomic E-state index is 12.0. The van der Waals surface area contributed by atoms with Gasteiger partial charge in [0.25, 0.3) is 0 Å². The first-order valence-electron chi connectivity index (χ1n) is 5.93. The number of nitrogens with two attached hydrogens (primary N) is 1. The number of aliphatic carboxylic acids is 1. The topological polar surface area (TPSA) is 136 Å². The first-order valence-corrected chi connectivity index (χ1v) is 7.42. The summed E-state index contributed by atoms with van der Waals surface area (Å²) in [4.78, 5) is 21.3. The van der Waals surface area contributed by atoms with Crippen LogP contribution in [0.3, 0.4) is 0 Å². The van der Waals surface area contributed by atoms with Gasteiger partial charge in [0, 0.05) is 12.1 Å². The molecule has 0 fully saturated rings. The average molecular weight is 316 g/mol. The number of hydrogen-bond donors (Lipinski definition) is 3. The molecule has 1 amide bonds.